The van der Waals surface area contributed by atoms with Crippen molar-refractivity contribution in [3.63, 3.8) is 0 Å². The van der Waals surface area contributed by atoms with Crippen LogP contribution in [0.15, 0.2) is 64.9 Å². The smallest absolute Gasteiger partial charge is 0.305 e. The standard InChI is InChI=1S/C44H54ClN9O12S2/c1-7-22(4)37(24(6)55)53-41(63)31(13-26-16-46-20-47-26)49-42(64)33-19-68-67-18-23(5)44(66)54-17-27(56)14-34(54)43(65)51-30(12-25-8-9-35(57)28(45)11-25)39(61)50-32(15-36(58)59)40(62)48-29(10-21(2)3)38(60)52-33/h8-13,16,18,20-22,27,32-34,37,56-57H,7,14-15,17,19H2,1-6H3,(H,46,47)(H,48,62)(H,49,64)(H,50,61)(H,51,65)(H,52,60)(H,53,63)(H,58,59)/t22?,27?,32-,33-,34-,37-/m0/s1. The summed E-state index contributed by atoms with van der Waals surface area (Å²) in [5.41, 5.74) is -0.789. The van der Waals surface area contributed by atoms with Gasteiger partial charge in [-0.3, -0.25) is 43.2 Å². The Morgan fingerprint density at radius 1 is 1.03 bits per heavy atom. The van der Waals surface area contributed by atoms with Crippen LogP contribution in [0.4, 0.5) is 0 Å². The lowest BCUT2D eigenvalue weighted by atomic mass is 9.96. The van der Waals surface area contributed by atoms with Crippen molar-refractivity contribution in [1.29, 1.82) is 0 Å². The minimum atomic E-state index is -1.91. The quantitative estimate of drug-likeness (QED) is 0.107. The van der Waals surface area contributed by atoms with Gasteiger partial charge >= 0.3 is 5.97 Å². The maximum Gasteiger partial charge on any atom is 0.305 e. The summed E-state index contributed by atoms with van der Waals surface area (Å²) in [5, 5.41) is 46.6. The van der Waals surface area contributed by atoms with Gasteiger partial charge in [-0.2, -0.15) is 0 Å². The van der Waals surface area contributed by atoms with E-state index in [1.165, 1.54) is 62.1 Å². The number of amides is 7. The van der Waals surface area contributed by atoms with Crippen LogP contribution in [0.2, 0.25) is 5.02 Å². The summed E-state index contributed by atoms with van der Waals surface area (Å²) in [6.45, 7) is 9.43. The van der Waals surface area contributed by atoms with Crippen LogP contribution >= 0.6 is 33.2 Å². The van der Waals surface area contributed by atoms with E-state index in [0.717, 1.165) is 32.6 Å². The number of rotatable bonds is 12. The Hall–Kier alpha value is -6.43. The number of H-pyrrole nitrogens is 1. The zero-order chi connectivity index (χ0) is 50.4. The number of Topliss-reactive ketones (excluding diaryl/α,β-unsaturated/α-hetero) is 1. The molecule has 2 aromatic rings. The molecule has 24 heteroatoms. The van der Waals surface area contributed by atoms with Gasteiger partial charge in [0.05, 0.1) is 41.8 Å². The summed E-state index contributed by atoms with van der Waals surface area (Å²) < 4.78 is 0. The number of aliphatic hydroxyl groups excluding tert-OH is 1. The highest BCUT2D eigenvalue weighted by Gasteiger charge is 2.40. The van der Waals surface area contributed by atoms with Crippen LogP contribution in [-0.4, -0.2) is 126 Å². The number of hydrogen-bond donors (Lipinski definition) is 10. The van der Waals surface area contributed by atoms with Crippen molar-refractivity contribution in [2.24, 2.45) is 11.8 Å². The molecule has 0 spiro atoms. The highest BCUT2D eigenvalue weighted by molar-refractivity contribution is 8.77. The number of carboxylic acids is 1. The van der Waals surface area contributed by atoms with Crippen molar-refractivity contribution in [2.75, 3.05) is 12.3 Å². The van der Waals surface area contributed by atoms with E-state index in [9.17, 15) is 58.5 Å². The van der Waals surface area contributed by atoms with Gasteiger partial charge in [0.1, 0.15) is 41.0 Å². The molecule has 1 saturated heterocycles. The van der Waals surface area contributed by atoms with Crippen LogP contribution in [0.1, 0.15) is 72.1 Å². The Labute approximate surface area is 404 Å². The highest BCUT2D eigenvalue weighted by Crippen LogP contribution is 2.28. The Bertz CT molecular complexity index is 2410. The number of benzene rings is 1. The van der Waals surface area contributed by atoms with Gasteiger partial charge in [-0.25, -0.2) is 4.98 Å². The number of nitrogens with zero attached hydrogens (tertiary/aromatic N) is 2. The van der Waals surface area contributed by atoms with E-state index in [0.29, 0.717) is 12.1 Å². The molecule has 2 aliphatic heterocycles. The van der Waals surface area contributed by atoms with Crippen molar-refractivity contribution in [3.8, 4) is 5.75 Å². The Morgan fingerprint density at radius 2 is 1.72 bits per heavy atom. The summed E-state index contributed by atoms with van der Waals surface area (Å²) in [5.74, 6) is -9.95. The monoisotopic (exact) mass is 999 g/mol. The van der Waals surface area contributed by atoms with Gasteiger partial charge in [-0.15, -0.1) is 0 Å². The average Bonchev–Trinajstić information content (AvgIpc) is 3.94. The maximum absolute atomic E-state index is 14.2. The van der Waals surface area contributed by atoms with E-state index < -0.39 is 101 Å². The number of allylic oxidation sites excluding steroid dienone is 1. The molecule has 0 bridgehead atoms. The number of carbonyl (C=O) groups excluding carboxylic acids is 8. The number of aliphatic carboxylic acids is 1. The number of aromatic amines is 1. The number of ketones is 1. The summed E-state index contributed by atoms with van der Waals surface area (Å²) in [4.78, 5) is 130. The minimum absolute atomic E-state index is 0.102. The molecule has 3 heterocycles. The van der Waals surface area contributed by atoms with Gasteiger partial charge in [0, 0.05) is 24.3 Å². The minimum Gasteiger partial charge on any atom is -0.506 e. The van der Waals surface area contributed by atoms with Crippen LogP contribution in [0.25, 0.3) is 12.2 Å². The maximum atomic E-state index is 14.2. The first kappa shape index (κ1) is 54.2. The van der Waals surface area contributed by atoms with Crippen LogP contribution in [-0.2, 0) is 43.2 Å². The van der Waals surface area contributed by atoms with E-state index in [2.05, 4.69) is 41.9 Å². The number of carboxylic acid groups (broad SMARTS) is 1. The van der Waals surface area contributed by atoms with Gasteiger partial charge in [0.2, 0.25) is 17.7 Å². The van der Waals surface area contributed by atoms with Crippen LogP contribution in [0, 0.1) is 11.8 Å². The zero-order valence-corrected chi connectivity index (χ0v) is 40.3. The van der Waals surface area contributed by atoms with Gasteiger partial charge in [-0.1, -0.05) is 79.4 Å². The number of aromatic nitrogens is 2. The second kappa shape index (κ2) is 25.1. The molecule has 2 aliphatic rings. The molecule has 68 heavy (non-hydrogen) atoms. The van der Waals surface area contributed by atoms with E-state index >= 15 is 0 Å². The number of phenolic OH excluding ortho intramolecular Hbond substituents is 1. The number of imidazole rings is 1. The number of aliphatic hydroxyl groups is 1. The molecule has 1 aromatic heterocycles. The third-order valence-electron chi connectivity index (χ3n) is 10.4. The SMILES string of the molecule is CCC(C)[C@H](NC(=O)C(=Cc1cnc[nH]1)NC(=O)[C@@H]1CSSC=C(C)C(=O)N2CC(O)C[C@H]2C(=O)NC(=Cc2ccc(O)c(Cl)c2)C(=O)N[C@@H](CC(=O)O)C(=O)NC(=CC(C)C)C(=O)N1)C(C)=O. The van der Waals surface area contributed by atoms with E-state index in [-0.39, 0.29) is 58.0 Å². The normalized spacial score (nSPS) is 22.5. The fraction of sp³-hybridized carbons (Fsp3) is 0.409. The first-order valence-corrected chi connectivity index (χ1v) is 24.0. The van der Waals surface area contributed by atoms with E-state index in [4.69, 9.17) is 11.6 Å². The molecule has 1 aromatic carbocycles. The molecule has 0 radical (unpaired) electrons. The van der Waals surface area contributed by atoms with Gasteiger partial charge in [-0.05, 0) is 60.9 Å². The lowest BCUT2D eigenvalue weighted by molar-refractivity contribution is -0.140. The molecular weight excluding hydrogens is 946 g/mol. The van der Waals surface area contributed by atoms with E-state index in [1.54, 1.807) is 20.8 Å². The largest absolute Gasteiger partial charge is 0.506 e. The summed E-state index contributed by atoms with van der Waals surface area (Å²) in [7, 11) is 1.97. The molecule has 7 amide bonds. The molecule has 21 nitrogen and oxygen atoms in total. The Morgan fingerprint density at radius 3 is 2.34 bits per heavy atom. The third-order valence-corrected chi connectivity index (χ3v) is 12.8. The summed E-state index contributed by atoms with van der Waals surface area (Å²) in [6, 6.07) is -1.87. The molecule has 4 rings (SSSR count). The first-order chi connectivity index (χ1) is 32.1. The first-order valence-electron chi connectivity index (χ1n) is 21.2. The fourth-order valence-electron chi connectivity index (χ4n) is 6.68. The number of hydrogen-bond acceptors (Lipinski definition) is 14. The summed E-state index contributed by atoms with van der Waals surface area (Å²) >= 11 is 6.10. The molecule has 2 unspecified atom stereocenters. The van der Waals surface area contributed by atoms with Crippen LogP contribution < -0.4 is 31.9 Å². The summed E-state index contributed by atoms with van der Waals surface area (Å²) in [6.07, 6.45) is 4.51. The predicted molar refractivity (Wildman–Crippen MR) is 253 cm³/mol. The molecule has 0 aliphatic carbocycles. The Kier molecular flexibility index (Phi) is 20.0. The zero-order valence-electron chi connectivity index (χ0n) is 37.9. The number of aromatic hydroxyl groups is 1. The lowest BCUT2D eigenvalue weighted by Crippen LogP contribution is -2.54. The van der Waals surface area contributed by atoms with Gasteiger partial charge in [0.15, 0.2) is 5.78 Å². The molecule has 0 saturated carbocycles. The molecule has 366 valence electrons. The molecular formula is C44H54ClN9O12S2. The predicted octanol–water partition coefficient (Wildman–Crippen LogP) is 1.86. The number of nitrogens with one attached hydrogen (secondary N) is 7. The number of halogens is 1. The topological polar surface area (TPSA) is 318 Å². The van der Waals surface area contributed by atoms with Crippen molar-refractivity contribution in [1.82, 2.24) is 46.8 Å². The number of fused-ring (bicyclic) bond motifs is 1. The van der Waals surface area contributed by atoms with Crippen LogP contribution in [0.3, 0.4) is 0 Å². The van der Waals surface area contributed by atoms with E-state index in [1.807, 2.05) is 6.92 Å². The second-order valence-electron chi connectivity index (χ2n) is 16.3. The van der Waals surface area contributed by atoms with Crippen molar-refractivity contribution in [2.45, 2.75) is 91.1 Å². The van der Waals surface area contributed by atoms with Crippen LogP contribution in [0.5, 0.6) is 5.75 Å². The van der Waals surface area contributed by atoms with Crippen molar-refractivity contribution in [3.05, 3.63) is 81.2 Å². The third kappa shape index (κ3) is 15.6. The van der Waals surface area contributed by atoms with Crippen molar-refractivity contribution >= 4 is 98.4 Å². The van der Waals surface area contributed by atoms with Gasteiger partial charge < -0.3 is 57.1 Å². The number of carbonyl (C=O) groups is 9. The van der Waals surface area contributed by atoms with Gasteiger partial charge in [0.25, 0.3) is 23.6 Å². The average molecular weight is 1000 g/mol. The fourth-order valence-corrected chi connectivity index (χ4v) is 8.91. The lowest BCUT2D eigenvalue weighted by Gasteiger charge is -2.25. The second-order valence-corrected chi connectivity index (χ2v) is 19.0. The molecule has 10 N–H and O–H groups in total. The Balaban J connectivity index is 1.80. The highest BCUT2D eigenvalue weighted by atomic mass is 35.5. The molecule has 1 fully saturated rings. The molecule has 6 atom stereocenters. The van der Waals surface area contributed by atoms with Crippen molar-refractivity contribution < 1.29 is 58.5 Å². The number of phenols is 1.